The number of benzene rings is 6. The Kier molecular flexibility index (Phi) is 15.9. The molecule has 0 aliphatic rings. The summed E-state index contributed by atoms with van der Waals surface area (Å²) < 4.78 is 5.25. The Hall–Kier alpha value is -5.84. The molecule has 0 saturated carbocycles. The summed E-state index contributed by atoms with van der Waals surface area (Å²) in [5, 5.41) is 14.0. The van der Waals surface area contributed by atoms with E-state index in [1.807, 2.05) is 184 Å². The van der Waals surface area contributed by atoms with E-state index >= 15 is 0 Å². The second-order valence-electron chi connectivity index (χ2n) is 13.0. The van der Waals surface area contributed by atoms with Crippen LogP contribution in [0.5, 0.6) is 0 Å². The molecule has 8 rings (SSSR count). The Morgan fingerprint density at radius 2 is 0.947 bits per heavy atom. The van der Waals surface area contributed by atoms with Crippen LogP contribution >= 0.6 is 0 Å². The number of amides is 1. The fourth-order valence-corrected chi connectivity index (χ4v) is 6.09. The Balaban J connectivity index is 0.000000208. The summed E-state index contributed by atoms with van der Waals surface area (Å²) in [5.41, 5.74) is 13.7. The van der Waals surface area contributed by atoms with E-state index in [-0.39, 0.29) is 54.7 Å². The molecule has 0 aliphatic carbocycles. The van der Waals surface area contributed by atoms with Gasteiger partial charge in [-0.15, -0.1) is 0 Å². The van der Waals surface area contributed by atoms with Crippen LogP contribution in [0.4, 0.5) is 0 Å². The van der Waals surface area contributed by atoms with Gasteiger partial charge in [-0.05, 0) is 50.6 Å². The summed E-state index contributed by atoms with van der Waals surface area (Å²) in [4.78, 5) is 33.7. The number of carbonyl (C=O) groups is 2. The van der Waals surface area contributed by atoms with Crippen molar-refractivity contribution >= 4 is 42.1 Å². The van der Waals surface area contributed by atoms with Gasteiger partial charge in [0.15, 0.2) is 0 Å². The molecule has 2 radical (unpaired) electrons. The number of nitrogens with two attached hydrogens (primary N) is 1. The van der Waals surface area contributed by atoms with Gasteiger partial charge < -0.3 is 16.2 Å². The summed E-state index contributed by atoms with van der Waals surface area (Å²) in [6.45, 7) is 3.98. The topological polar surface area (TPSA) is 118 Å². The second kappa shape index (κ2) is 21.5. The molecule has 0 aliphatic heterocycles. The molecular formula is C48H43BN4O3U. The van der Waals surface area contributed by atoms with Crippen molar-refractivity contribution in [3.63, 3.8) is 0 Å². The van der Waals surface area contributed by atoms with Crippen molar-refractivity contribution in [2.45, 2.75) is 25.9 Å². The van der Waals surface area contributed by atoms with Crippen LogP contribution in [0.3, 0.4) is 0 Å². The number of nitrogens with zero attached hydrogens (tertiary/aromatic N) is 2. The van der Waals surface area contributed by atoms with Crippen LogP contribution in [-0.4, -0.2) is 36.7 Å². The van der Waals surface area contributed by atoms with Gasteiger partial charge in [-0.25, -0.2) is 14.8 Å². The van der Waals surface area contributed by atoms with E-state index in [1.165, 1.54) is 5.56 Å². The van der Waals surface area contributed by atoms with Gasteiger partial charge in [0.05, 0.1) is 39.6 Å². The third kappa shape index (κ3) is 11.6. The van der Waals surface area contributed by atoms with Gasteiger partial charge in [-0.3, -0.25) is 4.79 Å². The summed E-state index contributed by atoms with van der Waals surface area (Å²) in [6, 6.07) is 58.2. The number of aromatic carboxylic acids is 1. The molecule has 0 bridgehead atoms. The number of nitrogens with one attached hydrogen (secondary N) is 1. The first kappa shape index (κ1) is 42.3. The fourth-order valence-electron chi connectivity index (χ4n) is 6.09. The van der Waals surface area contributed by atoms with Gasteiger partial charge in [-0.2, -0.15) is 0 Å². The fraction of sp³-hybridized carbons (Fsp3) is 0.0833. The van der Waals surface area contributed by atoms with Crippen molar-refractivity contribution in [2.75, 3.05) is 0 Å². The van der Waals surface area contributed by atoms with E-state index < -0.39 is 5.97 Å². The van der Waals surface area contributed by atoms with Crippen molar-refractivity contribution in [1.29, 1.82) is 1.34 Å². The molecule has 0 saturated heterocycles. The molecule has 9 heteroatoms. The molecule has 7 nitrogen and oxygen atoms in total. The molecule has 2 atom stereocenters. The van der Waals surface area contributed by atoms with Gasteiger partial charge in [0.1, 0.15) is 0 Å². The Labute approximate surface area is 360 Å². The zero-order valence-corrected chi connectivity index (χ0v) is 36.0. The van der Waals surface area contributed by atoms with Gasteiger partial charge >= 0.3 is 5.97 Å². The van der Waals surface area contributed by atoms with E-state index in [9.17, 15) is 14.7 Å². The van der Waals surface area contributed by atoms with Crippen LogP contribution in [-0.2, 0) is 0 Å². The van der Waals surface area contributed by atoms with Crippen LogP contribution in [0.25, 0.3) is 44.3 Å². The smallest absolute Gasteiger partial charge is 0.336 e. The van der Waals surface area contributed by atoms with Gasteiger partial charge in [0.2, 0.25) is 0 Å². The van der Waals surface area contributed by atoms with Crippen LogP contribution in [0.2, 0.25) is 0 Å². The standard InChI is InChI=1S/C24H20N2O.C16H11NO2.C8H11N.BH.U/c1-17(18-10-4-2-5-11-18)25-24(27)21-16-23(19-12-6-3-7-13-19)26-22-15-9-8-14-20(21)22;18-16(19)13-10-15(11-6-2-1-3-7-11)17-14-9-5-4-8-12(13)14;1-7(9)8-5-3-2-4-6-8;;/h2-17H,1H3,(H,25,27);1-10H,(H,18,19);2-7H,9H2,1H3;1H;/t17-;;7-;;/m0.0../s1/i;;;1T;. The minimum atomic E-state index is -0.934. The number of para-hydroxylation sites is 2. The van der Waals surface area contributed by atoms with Gasteiger partial charge in [0.25, 0.3) is 5.91 Å². The predicted molar refractivity (Wildman–Crippen MR) is 230 cm³/mol. The maximum atomic E-state index is 13.1. The third-order valence-corrected chi connectivity index (χ3v) is 9.02. The largest absolute Gasteiger partial charge is 0.478 e. The summed E-state index contributed by atoms with van der Waals surface area (Å²) in [7, 11) is 3.75. The van der Waals surface area contributed by atoms with Crippen molar-refractivity contribution in [1.82, 2.24) is 15.3 Å². The Bertz CT molecular complexity index is 2510. The average molecular weight is 975 g/mol. The van der Waals surface area contributed by atoms with E-state index in [0.29, 0.717) is 22.2 Å². The molecule has 57 heavy (non-hydrogen) atoms. The minimum absolute atomic E-state index is 0. The molecule has 4 N–H and O–H groups in total. The first-order valence-electron chi connectivity index (χ1n) is 18.7. The number of fused-ring (bicyclic) bond motifs is 2. The van der Waals surface area contributed by atoms with Crippen molar-refractivity contribution in [3.8, 4) is 22.5 Å². The zero-order valence-electron chi connectivity index (χ0n) is 32.8. The molecule has 1 amide bonds. The quantitative estimate of drug-likeness (QED) is 0.137. The molecule has 280 valence electrons. The normalized spacial score (nSPS) is 11.3. The van der Waals surface area contributed by atoms with Crippen molar-refractivity contribution in [2.24, 2.45) is 5.73 Å². The molecule has 6 aromatic carbocycles. The first-order chi connectivity index (χ1) is 27.8. The molecule has 2 aromatic heterocycles. The van der Waals surface area contributed by atoms with Crippen LogP contribution in [0.15, 0.2) is 182 Å². The zero-order chi connectivity index (χ0) is 40.6. The SMILES string of the molecule is C[C@H](N)c1ccccc1.C[C@H](NC(=O)c1cc(-c2ccccc2)nc2ccccc12)c1ccccc1.O=C(O)c1cc(-c2ccccc2)nc2ccccc12.[3H][B].[U]. The van der Waals surface area contributed by atoms with Crippen molar-refractivity contribution < 1.29 is 45.8 Å². The van der Waals surface area contributed by atoms with Gasteiger partial charge in [-0.1, -0.05) is 158 Å². The number of aromatic nitrogens is 2. The van der Waals surface area contributed by atoms with Crippen LogP contribution in [0.1, 0.15) is 57.8 Å². The van der Waals surface area contributed by atoms with E-state index in [1.54, 1.807) is 12.1 Å². The average Bonchev–Trinajstić information content (AvgIpc) is 3.27. The number of pyridine rings is 2. The number of rotatable bonds is 7. The van der Waals surface area contributed by atoms with E-state index in [2.05, 4.69) is 18.7 Å². The molecule has 2 heterocycles. The first-order valence-corrected chi connectivity index (χ1v) is 18.1. The Morgan fingerprint density at radius 3 is 1.37 bits per heavy atom. The molecule has 0 spiro atoms. The van der Waals surface area contributed by atoms with Crippen molar-refractivity contribution in [3.05, 3.63) is 204 Å². The number of carbonyl (C=O) groups excluding carboxylic acids is 1. The number of carboxylic acid groups (broad SMARTS) is 1. The Morgan fingerprint density at radius 1 is 0.579 bits per heavy atom. The monoisotopic (exact) mass is 974 g/mol. The number of hydrogen-bond acceptors (Lipinski definition) is 5. The predicted octanol–water partition coefficient (Wildman–Crippen LogP) is 10.1. The maximum Gasteiger partial charge on any atom is 0.336 e. The summed E-state index contributed by atoms with van der Waals surface area (Å²) >= 11 is 0. The van der Waals surface area contributed by atoms with Gasteiger partial charge in [0, 0.05) is 67.4 Å². The third-order valence-electron chi connectivity index (χ3n) is 9.02. The summed E-state index contributed by atoms with van der Waals surface area (Å²) in [6.07, 6.45) is 0. The molecule has 0 unspecified atom stereocenters. The molecule has 8 aromatic rings. The van der Waals surface area contributed by atoms with Crippen LogP contribution < -0.4 is 11.1 Å². The van der Waals surface area contributed by atoms with E-state index in [4.69, 9.17) is 12.1 Å². The molecule has 0 fully saturated rings. The maximum absolute atomic E-state index is 13.1. The number of carboxylic acids is 1. The number of hydrogen-bond donors (Lipinski definition) is 3. The summed E-state index contributed by atoms with van der Waals surface area (Å²) in [5.74, 6) is -1.03. The second-order valence-corrected chi connectivity index (χ2v) is 13.0. The minimum Gasteiger partial charge on any atom is -0.478 e. The van der Waals surface area contributed by atoms with E-state index in [0.717, 1.165) is 33.3 Å². The van der Waals surface area contributed by atoms with Crippen LogP contribution in [0, 0.1) is 31.1 Å². The molecular weight excluding hydrogens is 929 g/mol.